The first-order valence-electron chi connectivity index (χ1n) is 38.6. The number of aryl methyl sites for hydroxylation is 8. The molecule has 15 aromatic rings. The van der Waals surface area contributed by atoms with Gasteiger partial charge in [-0.2, -0.15) is 9.97 Å². The average molecular weight is 1830 g/mol. The summed E-state index contributed by atoms with van der Waals surface area (Å²) in [4.78, 5) is 188. The predicted molar refractivity (Wildman–Crippen MR) is 490 cm³/mol. The van der Waals surface area contributed by atoms with E-state index in [1.54, 1.807) is 127 Å². The highest BCUT2D eigenvalue weighted by molar-refractivity contribution is 7.98. The molecule has 13 aromatic heterocycles. The minimum absolute atomic E-state index is 0.131. The number of carbonyl (C=O) groups excluding carboxylic acids is 10. The number of carbonyl (C=O) groups is 10. The number of hydrogen-bond acceptors (Lipinski definition) is 37. The predicted octanol–water partition coefficient (Wildman–Crippen LogP) is 17.1. The summed E-state index contributed by atoms with van der Waals surface area (Å²) in [6, 6.07) is 17.8. The monoisotopic (exact) mass is 1830 g/mol. The van der Waals surface area contributed by atoms with Gasteiger partial charge in [-0.15, -0.1) is 85.9 Å². The first-order chi connectivity index (χ1) is 61.4. The van der Waals surface area contributed by atoms with E-state index in [2.05, 4.69) is 99.5 Å². The van der Waals surface area contributed by atoms with Gasteiger partial charge in [-0.25, -0.2) is 84.7 Å². The van der Waals surface area contributed by atoms with Gasteiger partial charge in [-0.1, -0.05) is 66.4 Å². The quantitative estimate of drug-likeness (QED) is 0.0119. The van der Waals surface area contributed by atoms with Gasteiger partial charge in [-0.05, 0) is 70.6 Å². The summed E-state index contributed by atoms with van der Waals surface area (Å²) < 4.78 is 0. The minimum Gasteiger partial charge on any atom is -0.394 e. The molecule has 0 aliphatic heterocycles. The van der Waals surface area contributed by atoms with Crippen LogP contribution >= 0.6 is 91.1 Å². The van der Waals surface area contributed by atoms with E-state index in [0.717, 1.165) is 180 Å². The number of nitrogens with zero attached hydrogens (tertiary/aromatic N) is 20. The molecule has 640 valence electrons. The molecule has 0 spiro atoms. The van der Waals surface area contributed by atoms with E-state index in [-0.39, 0.29) is 34.9 Å². The van der Waals surface area contributed by atoms with Crippen LogP contribution in [0, 0.1) is 13.5 Å². The summed E-state index contributed by atoms with van der Waals surface area (Å²) in [5.74, 6) is 1.84. The Hall–Kier alpha value is -13.1. The van der Waals surface area contributed by atoms with Crippen LogP contribution in [-0.4, -0.2) is 162 Å². The normalized spacial score (nSPS) is 10.3. The lowest BCUT2D eigenvalue weighted by molar-refractivity contribution is -0.116. The third kappa shape index (κ3) is 32.2. The molecule has 30 nitrogen and oxygen atoms in total. The van der Waals surface area contributed by atoms with Crippen LogP contribution in [0.2, 0.25) is 0 Å². The Morgan fingerprint density at radius 3 is 0.857 bits per heavy atom. The molecule has 15 rings (SSSR count). The molecule has 0 atom stereocenters. The van der Waals surface area contributed by atoms with Crippen molar-refractivity contribution >= 4 is 158 Å². The molecular weight excluding hydrogens is 1750 g/mol. The van der Waals surface area contributed by atoms with Crippen LogP contribution in [0.1, 0.15) is 138 Å². The number of aromatic nitrogens is 19. The molecule has 0 fully saturated rings. The number of thiazole rings is 7. The zero-order chi connectivity index (χ0) is 89.6. The van der Waals surface area contributed by atoms with Gasteiger partial charge in [0.15, 0.2) is 34.2 Å². The molecule has 0 N–H and O–H groups in total. The summed E-state index contributed by atoms with van der Waals surface area (Å²) in [5, 5.41) is 20.5. The zero-order valence-electron chi connectivity index (χ0n) is 68.6. The van der Waals surface area contributed by atoms with Crippen molar-refractivity contribution < 1.29 is 47.9 Å². The maximum absolute atomic E-state index is 11.0. The van der Waals surface area contributed by atoms with Gasteiger partial charge in [-0.3, -0.25) is 14.4 Å². The Bertz CT molecular complexity index is 5900. The minimum atomic E-state index is -0.160. The van der Waals surface area contributed by atoms with E-state index < -0.39 is 0 Å². The largest absolute Gasteiger partial charge is 0.394 e. The van der Waals surface area contributed by atoms with E-state index in [9.17, 15) is 47.9 Å². The Labute approximate surface area is 757 Å². The number of ketones is 3. The maximum atomic E-state index is 11.0. The lowest BCUT2D eigenvalue weighted by atomic mass is 10.1. The van der Waals surface area contributed by atoms with E-state index in [1.165, 1.54) is 59.6 Å². The smallest absolute Gasteiger partial charge is 0.371 e. The van der Waals surface area contributed by atoms with Crippen molar-refractivity contribution in [2.24, 2.45) is 0 Å². The van der Waals surface area contributed by atoms with E-state index in [1.807, 2.05) is 105 Å². The highest BCUT2D eigenvalue weighted by Crippen LogP contribution is 2.31. The van der Waals surface area contributed by atoms with Crippen LogP contribution in [0.5, 0.6) is 0 Å². The fourth-order valence-corrected chi connectivity index (χ4v) is 16.5. The van der Waals surface area contributed by atoms with Crippen molar-refractivity contribution in [2.75, 3.05) is 6.26 Å². The summed E-state index contributed by atoms with van der Waals surface area (Å²) in [6.07, 6.45) is 37.1. The number of thioether (sulfide) groups is 1. The second-order valence-electron chi connectivity index (χ2n) is 26.2. The molecule has 0 aliphatic rings. The van der Waals surface area contributed by atoms with Crippen LogP contribution in [0.25, 0.3) is 90.2 Å². The molecular formula is C88H80N20O10S8. The van der Waals surface area contributed by atoms with Crippen molar-refractivity contribution in [1.29, 1.82) is 0 Å². The first kappa shape index (κ1) is 96.7. The number of Topliss-reactive ketones (excluding diaryl/α,β-unsaturated/α-hetero) is 3. The zero-order valence-corrected chi connectivity index (χ0v) is 75.1. The van der Waals surface area contributed by atoms with Gasteiger partial charge in [0, 0.05) is 204 Å². The Kier molecular flexibility index (Phi) is 40.8. The van der Waals surface area contributed by atoms with Crippen LogP contribution in [0.4, 0.5) is 5.95 Å². The molecule has 38 heteroatoms. The number of hydrogen-bond donors (Lipinski definition) is 0. The molecule has 126 heavy (non-hydrogen) atoms. The standard InChI is InChI=1S/C16H13N3OS.C15H15NO2S.2C12H11N3O2S.C11H8N4OS.C11H11N3OS2.C11H11N3OS/c20-8-4-7-14-11-21-16(19-14)13-9-17-15(18-10-13)12-5-2-1-3-6-12;1-11(18)9-12-4-6-13(7-5-12)15-16-14(10-19-15)3-2-8-17;2*1-8(17)11-13-5-9(6-14-11)12-15-10(7-18-12)3-2-4-16;1-12-11-13-5-8(6-14-11)10-15-9(7-17-10)3-2-4-16;1-16-11-12-5-8(6-13-11)10-14-9(7-17-10)3-2-4-15;1-8-12-5-9(6-13-8)11-14-10(7-16-11)3-2-4-15/h1-3,5-6,8-11H,4,7H2;4-8,10H,2-3,9H2,1H3;2*4-7H,2-3H2,1H3;4-7H,2-3H2;4-7H,2-3H2,1H3;4-7H,2-3H2,1H3. The van der Waals surface area contributed by atoms with Crippen molar-refractivity contribution in [3.63, 3.8) is 0 Å². The van der Waals surface area contributed by atoms with Gasteiger partial charge in [0.2, 0.25) is 0 Å². The number of rotatable bonds is 34. The second-order valence-corrected chi connectivity index (χ2v) is 33.0. The fourth-order valence-electron chi connectivity index (χ4n) is 10.3. The van der Waals surface area contributed by atoms with Crippen molar-refractivity contribution in [2.45, 2.75) is 129 Å². The van der Waals surface area contributed by atoms with Crippen LogP contribution in [-0.2, 0) is 89.7 Å². The lowest BCUT2D eigenvalue weighted by Crippen LogP contribution is -2.00. The summed E-state index contributed by atoms with van der Waals surface area (Å²) in [6.45, 7) is 13.0. The summed E-state index contributed by atoms with van der Waals surface area (Å²) >= 11 is 12.2. The number of benzene rings is 2. The molecule has 0 radical (unpaired) electrons. The Balaban J connectivity index is 0.000000167. The molecule has 13 heterocycles. The molecule has 0 bridgehead atoms. The Morgan fingerprint density at radius 2 is 0.595 bits per heavy atom. The van der Waals surface area contributed by atoms with Crippen LogP contribution in [0.3, 0.4) is 0 Å². The van der Waals surface area contributed by atoms with Crippen LogP contribution < -0.4 is 0 Å². The maximum Gasteiger partial charge on any atom is 0.371 e. The van der Waals surface area contributed by atoms with E-state index in [0.29, 0.717) is 102 Å². The highest BCUT2D eigenvalue weighted by atomic mass is 32.2. The van der Waals surface area contributed by atoms with Crippen molar-refractivity contribution in [3.8, 4) is 85.4 Å². The lowest BCUT2D eigenvalue weighted by Gasteiger charge is -2.00. The van der Waals surface area contributed by atoms with Gasteiger partial charge < -0.3 is 38.4 Å². The fraction of sp³-hybridized carbons (Fsp3) is 0.227. The second kappa shape index (κ2) is 53.1. The molecule has 0 aliphatic carbocycles. The SMILES string of the molecule is CC(=O)Cc1ccc(-c2nc(CCC=O)cs2)cc1.CC(=O)c1ncc(-c2nc(CCC=O)cs2)cn1.CC(=O)c1ncc(-c2nc(CCC=O)cs2)cn1.CSc1ncc(-c2nc(CCC=O)cs2)cn1.Cc1ncc(-c2nc(CCC=O)cs2)cn1.O=CCCc1csc(-c2cnc(-c3ccccc3)nc2)n1.[C-]#[N+]c1ncc(-c2nc(CCC=O)cs2)cn1. The van der Waals surface area contributed by atoms with E-state index >= 15 is 0 Å². The summed E-state index contributed by atoms with van der Waals surface area (Å²) in [5.41, 5.74) is 14.6. The van der Waals surface area contributed by atoms with Gasteiger partial charge in [0.05, 0.1) is 57.8 Å². The highest BCUT2D eigenvalue weighted by Gasteiger charge is 2.15. The molecule has 0 saturated heterocycles. The topological polar surface area (TPSA) is 420 Å². The van der Waals surface area contributed by atoms with E-state index in [4.69, 9.17) is 6.57 Å². The van der Waals surface area contributed by atoms with Gasteiger partial charge in [0.25, 0.3) is 0 Å². The van der Waals surface area contributed by atoms with Crippen molar-refractivity contribution in [3.05, 3.63) is 241 Å². The molecule has 2 aromatic carbocycles. The first-order valence-corrected chi connectivity index (χ1v) is 46.0. The molecule has 0 amide bonds. The third-order valence-corrected chi connectivity index (χ3v) is 23.7. The van der Waals surface area contributed by atoms with Gasteiger partial charge in [0.1, 0.15) is 90.7 Å². The molecule has 0 unspecified atom stereocenters. The van der Waals surface area contributed by atoms with Crippen molar-refractivity contribution in [1.82, 2.24) is 94.7 Å². The van der Waals surface area contributed by atoms with Gasteiger partial charge >= 0.3 is 5.95 Å². The average Bonchev–Trinajstić information content (AvgIpc) is 1.24. The Morgan fingerprint density at radius 1 is 0.333 bits per heavy atom. The number of aldehydes is 7. The van der Waals surface area contributed by atoms with Crippen LogP contribution in [0.15, 0.2) is 172 Å². The molecule has 0 saturated carbocycles. The third-order valence-electron chi connectivity index (χ3n) is 16.6. The summed E-state index contributed by atoms with van der Waals surface area (Å²) in [7, 11) is 0.